The first-order valence-electron chi connectivity index (χ1n) is 15.0. The molecule has 4 N–H and O–H groups in total. The first-order chi connectivity index (χ1) is 21.5. The van der Waals surface area contributed by atoms with Gasteiger partial charge >= 0.3 is 11.9 Å². The number of esters is 2. The summed E-state index contributed by atoms with van der Waals surface area (Å²) in [6, 6.07) is 0. The van der Waals surface area contributed by atoms with E-state index in [1.54, 1.807) is 30.4 Å². The van der Waals surface area contributed by atoms with Crippen LogP contribution in [0.3, 0.4) is 0 Å². The van der Waals surface area contributed by atoms with Crippen LogP contribution in [0.1, 0.15) is 57.8 Å². The predicted molar refractivity (Wildman–Crippen MR) is 168 cm³/mol. The van der Waals surface area contributed by atoms with Crippen LogP contribution < -0.4 is 0 Å². The Balaban J connectivity index is 2.72. The molecule has 1 fully saturated rings. The summed E-state index contributed by atoms with van der Waals surface area (Å²) in [6.45, 7) is 6.44. The Kier molecular flexibility index (Phi) is 20.9. The maximum atomic E-state index is 12.5. The molecule has 0 aromatic heterocycles. The lowest BCUT2D eigenvalue weighted by molar-refractivity contribution is -0.297. The summed E-state index contributed by atoms with van der Waals surface area (Å²) in [5, 5.41) is 30.5. The molecule has 0 amide bonds. The second-order valence-electron chi connectivity index (χ2n) is 10.3. The van der Waals surface area contributed by atoms with E-state index in [9.17, 15) is 33.3 Å². The van der Waals surface area contributed by atoms with Gasteiger partial charge in [-0.3, -0.25) is 14.1 Å². The van der Waals surface area contributed by atoms with E-state index >= 15 is 0 Å². The number of carbonyl (C=O) groups is 2. The second-order valence-corrected chi connectivity index (χ2v) is 11.8. The second kappa shape index (κ2) is 23.4. The van der Waals surface area contributed by atoms with Gasteiger partial charge in [-0.2, -0.15) is 8.42 Å². The van der Waals surface area contributed by atoms with E-state index in [1.165, 1.54) is 0 Å². The third-order valence-electron chi connectivity index (χ3n) is 6.46. The van der Waals surface area contributed by atoms with Crippen LogP contribution in [-0.4, -0.2) is 96.0 Å². The molecule has 0 spiro atoms. The molecule has 1 aliphatic rings. The van der Waals surface area contributed by atoms with Gasteiger partial charge in [0.1, 0.15) is 36.8 Å². The molecule has 1 unspecified atom stereocenters. The first kappa shape index (κ1) is 40.1. The molecule has 13 heteroatoms. The molecule has 254 valence electrons. The molecule has 1 rings (SSSR count). The Morgan fingerprint density at radius 3 is 2.09 bits per heavy atom. The van der Waals surface area contributed by atoms with Crippen LogP contribution >= 0.6 is 0 Å². The lowest BCUT2D eigenvalue weighted by Crippen LogP contribution is -2.60. The topological polar surface area (TPSA) is 186 Å². The number of carbonyl (C=O) groups excluding carboxylic acids is 2. The highest BCUT2D eigenvalue weighted by molar-refractivity contribution is 7.85. The van der Waals surface area contributed by atoms with E-state index in [1.807, 2.05) is 30.4 Å². The summed E-state index contributed by atoms with van der Waals surface area (Å²) in [4.78, 5) is 24.8. The summed E-state index contributed by atoms with van der Waals surface area (Å²) >= 11 is 0. The Hall–Kier alpha value is -2.91. The third kappa shape index (κ3) is 19.3. The highest BCUT2D eigenvalue weighted by Crippen LogP contribution is 2.23. The van der Waals surface area contributed by atoms with Gasteiger partial charge in [-0.25, -0.2) is 0 Å². The maximum absolute atomic E-state index is 12.5. The molecule has 0 bridgehead atoms. The average molecular weight is 657 g/mol. The van der Waals surface area contributed by atoms with Gasteiger partial charge in [0.25, 0.3) is 10.1 Å². The Morgan fingerprint density at radius 1 is 0.778 bits per heavy atom. The van der Waals surface area contributed by atoms with Gasteiger partial charge in [0.15, 0.2) is 12.4 Å². The number of ether oxygens (including phenoxy) is 4. The zero-order valence-corrected chi connectivity index (χ0v) is 26.4. The van der Waals surface area contributed by atoms with E-state index < -0.39 is 71.2 Å². The summed E-state index contributed by atoms with van der Waals surface area (Å²) in [7, 11) is -4.61. The van der Waals surface area contributed by atoms with Crippen LogP contribution in [0, 0.1) is 0 Å². The number of hydrogen-bond donors (Lipinski definition) is 4. The summed E-state index contributed by atoms with van der Waals surface area (Å²) < 4.78 is 53.2. The number of aliphatic hydroxyl groups is 3. The highest BCUT2D eigenvalue weighted by Gasteiger charge is 2.46. The quantitative estimate of drug-likeness (QED) is 0.0414. The van der Waals surface area contributed by atoms with Crippen molar-refractivity contribution < 1.29 is 56.8 Å². The summed E-state index contributed by atoms with van der Waals surface area (Å²) in [5.41, 5.74) is 0. The molecule has 0 aromatic carbocycles. The van der Waals surface area contributed by atoms with Crippen LogP contribution in [0.4, 0.5) is 0 Å². The van der Waals surface area contributed by atoms with E-state index in [0.717, 1.165) is 32.1 Å². The van der Waals surface area contributed by atoms with Crippen LogP contribution in [0.25, 0.3) is 0 Å². The fourth-order valence-electron chi connectivity index (χ4n) is 4.08. The van der Waals surface area contributed by atoms with Crippen molar-refractivity contribution in [1.29, 1.82) is 0 Å². The number of aliphatic hydroxyl groups excluding tert-OH is 3. The normalized spacial score (nSPS) is 23.2. The standard InChI is InChI=1S/C32H48O12S/c1-3-5-7-9-11-12-13-15-17-19-21-28(34)43-25(22-41-27(33)20-18-16-14-10-8-6-4-2)23-42-32-31(37)30(36)29(35)26(44-32)24-45(38,39)40/h3-5,7,9,11-13,15,17,25-26,29-32,35-37H,1-2,6,8,10,14,16,18-24H2,(H,38,39,40)/b7-5+,11-9+,13-12+,17-15+/t25-,26-,29-,30+,31-,32?/m1/s1. The average Bonchev–Trinajstić information content (AvgIpc) is 2.99. The van der Waals surface area contributed by atoms with Crippen LogP contribution in [0.15, 0.2) is 73.9 Å². The van der Waals surface area contributed by atoms with Crippen molar-refractivity contribution in [2.75, 3.05) is 19.0 Å². The van der Waals surface area contributed by atoms with Crippen molar-refractivity contribution in [2.45, 2.75) is 94.6 Å². The maximum Gasteiger partial charge on any atom is 0.306 e. The minimum Gasteiger partial charge on any atom is -0.462 e. The van der Waals surface area contributed by atoms with Crippen molar-refractivity contribution >= 4 is 22.1 Å². The predicted octanol–water partition coefficient (Wildman–Crippen LogP) is 3.26. The van der Waals surface area contributed by atoms with Gasteiger partial charge in [-0.05, 0) is 25.7 Å². The SMILES string of the molecule is C=C/C=C/C=C/C=C/C=C/CCC(=O)O[C@H](COC(=O)CCCCCCCC=C)COC1O[C@H](CS(=O)(=O)O)[C@@H](O)[C@H](O)[C@H]1O. The van der Waals surface area contributed by atoms with E-state index in [4.69, 9.17) is 23.5 Å². The fraction of sp³-hybridized carbons (Fsp3) is 0.562. The lowest BCUT2D eigenvalue weighted by Gasteiger charge is -2.40. The number of hydrogen-bond acceptors (Lipinski definition) is 11. The van der Waals surface area contributed by atoms with Crippen molar-refractivity contribution in [2.24, 2.45) is 0 Å². The molecule has 0 saturated carbocycles. The molecule has 1 aliphatic heterocycles. The van der Waals surface area contributed by atoms with Crippen LogP contribution in [0.2, 0.25) is 0 Å². The molecular formula is C32H48O12S. The molecule has 1 heterocycles. The molecule has 1 saturated heterocycles. The first-order valence-corrected chi connectivity index (χ1v) is 16.6. The molecular weight excluding hydrogens is 608 g/mol. The molecule has 45 heavy (non-hydrogen) atoms. The van der Waals surface area contributed by atoms with Crippen LogP contribution in [-0.2, 0) is 38.7 Å². The van der Waals surface area contributed by atoms with E-state index in [0.29, 0.717) is 12.8 Å². The van der Waals surface area contributed by atoms with E-state index in [-0.39, 0.29) is 19.4 Å². The van der Waals surface area contributed by atoms with Gasteiger partial charge in [0.05, 0.1) is 6.61 Å². The van der Waals surface area contributed by atoms with Gasteiger partial charge < -0.3 is 34.3 Å². The Morgan fingerprint density at radius 2 is 1.42 bits per heavy atom. The largest absolute Gasteiger partial charge is 0.462 e. The smallest absolute Gasteiger partial charge is 0.306 e. The minimum atomic E-state index is -4.61. The van der Waals surface area contributed by atoms with Crippen LogP contribution in [0.5, 0.6) is 0 Å². The number of unbranched alkanes of at least 4 members (excludes halogenated alkanes) is 5. The minimum absolute atomic E-state index is 0.00243. The third-order valence-corrected chi connectivity index (χ3v) is 7.21. The van der Waals surface area contributed by atoms with Crippen molar-refractivity contribution in [3.05, 3.63) is 73.9 Å². The number of allylic oxidation sites excluding steroid dienone is 10. The van der Waals surface area contributed by atoms with Gasteiger partial charge in [-0.15, -0.1) is 6.58 Å². The molecule has 0 aliphatic carbocycles. The van der Waals surface area contributed by atoms with Gasteiger partial charge in [0, 0.05) is 12.8 Å². The molecule has 12 nitrogen and oxygen atoms in total. The van der Waals surface area contributed by atoms with Gasteiger partial charge in [0.2, 0.25) is 0 Å². The monoisotopic (exact) mass is 656 g/mol. The highest BCUT2D eigenvalue weighted by atomic mass is 32.2. The zero-order valence-electron chi connectivity index (χ0n) is 25.6. The Bertz CT molecular complexity index is 1110. The zero-order chi connectivity index (χ0) is 33.5. The van der Waals surface area contributed by atoms with Crippen molar-refractivity contribution in [3.8, 4) is 0 Å². The molecule has 0 radical (unpaired) electrons. The van der Waals surface area contributed by atoms with Gasteiger partial charge in [-0.1, -0.05) is 86.6 Å². The fourth-order valence-corrected chi connectivity index (χ4v) is 4.78. The summed E-state index contributed by atoms with van der Waals surface area (Å²) in [6.07, 6.45) is 14.1. The Labute approximate surface area is 266 Å². The van der Waals surface area contributed by atoms with E-state index in [2.05, 4.69) is 13.2 Å². The molecule has 0 aromatic rings. The van der Waals surface area contributed by atoms with Crippen molar-refractivity contribution in [1.82, 2.24) is 0 Å². The molecule has 6 atom stereocenters. The lowest BCUT2D eigenvalue weighted by atomic mass is 10.00. The van der Waals surface area contributed by atoms with Crippen molar-refractivity contribution in [3.63, 3.8) is 0 Å². The number of rotatable bonds is 23. The summed E-state index contributed by atoms with van der Waals surface area (Å²) in [5.74, 6) is -2.17.